The molecule has 0 atom stereocenters. The number of benzene rings is 2. The van der Waals surface area contributed by atoms with E-state index >= 15 is 4.39 Å². The Morgan fingerprint density at radius 3 is 2.40 bits per heavy atom. The van der Waals surface area contributed by atoms with E-state index in [1.54, 1.807) is 45.3 Å². The third-order valence-electron chi connectivity index (χ3n) is 5.59. The molecule has 0 fully saturated rings. The number of aromatic nitrogens is 1. The lowest BCUT2D eigenvalue weighted by atomic mass is 9.95. The molecule has 0 aliphatic carbocycles. The molecule has 3 aromatic rings. The lowest BCUT2D eigenvalue weighted by molar-refractivity contribution is 0.172. The van der Waals surface area contributed by atoms with E-state index in [-0.39, 0.29) is 29.3 Å². The fraction of sp³-hybridized carbons (Fsp3) is 0.360. The Morgan fingerprint density at radius 1 is 1.09 bits per heavy atom. The zero-order valence-electron chi connectivity index (χ0n) is 20.6. The highest BCUT2D eigenvalue weighted by atomic mass is 32.2. The summed E-state index contributed by atoms with van der Waals surface area (Å²) in [7, 11) is 3.62. The summed E-state index contributed by atoms with van der Waals surface area (Å²) in [6.45, 7) is 2.06. The Balaban J connectivity index is 2.08. The van der Waals surface area contributed by atoms with Crippen molar-refractivity contribution in [2.45, 2.75) is 25.6 Å². The molecule has 10 heteroatoms. The van der Waals surface area contributed by atoms with Crippen molar-refractivity contribution in [1.82, 2.24) is 14.8 Å². The summed E-state index contributed by atoms with van der Waals surface area (Å²) in [4.78, 5) is 19.7. The number of anilines is 1. The minimum Gasteiger partial charge on any atom is -0.410 e. The fourth-order valence-corrected chi connectivity index (χ4v) is 4.63. The Kier molecular flexibility index (Phi) is 7.97. The van der Waals surface area contributed by atoms with Gasteiger partial charge in [0.1, 0.15) is 17.4 Å². The number of carbonyl (C=O) groups excluding carboxylic acids is 1. The maximum Gasteiger partial charge on any atom is 0.414 e. The van der Waals surface area contributed by atoms with Gasteiger partial charge in [0.05, 0.1) is 11.3 Å². The second-order valence-corrected chi connectivity index (χ2v) is 11.2. The van der Waals surface area contributed by atoms with Crippen molar-refractivity contribution in [2.75, 3.05) is 39.7 Å². The van der Waals surface area contributed by atoms with Gasteiger partial charge < -0.3 is 20.3 Å². The molecule has 2 N–H and O–H groups in total. The van der Waals surface area contributed by atoms with E-state index < -0.39 is 21.7 Å². The zero-order chi connectivity index (χ0) is 25.9. The van der Waals surface area contributed by atoms with Crippen LogP contribution >= 0.6 is 0 Å². The smallest absolute Gasteiger partial charge is 0.410 e. The van der Waals surface area contributed by atoms with Gasteiger partial charge in [-0.25, -0.2) is 22.6 Å². The molecule has 188 valence electrons. The predicted molar refractivity (Wildman–Crippen MR) is 136 cm³/mol. The van der Waals surface area contributed by atoms with Crippen LogP contribution in [0.25, 0.3) is 10.9 Å². The molecule has 0 radical (unpaired) electrons. The van der Waals surface area contributed by atoms with Gasteiger partial charge in [0.25, 0.3) is 0 Å². The summed E-state index contributed by atoms with van der Waals surface area (Å²) >= 11 is 0. The molecule has 8 nitrogen and oxygen atoms in total. The van der Waals surface area contributed by atoms with Crippen molar-refractivity contribution in [2.24, 2.45) is 0 Å². The number of amides is 1. The number of carbonyl (C=O) groups is 1. The predicted octanol–water partition coefficient (Wildman–Crippen LogP) is 3.60. The number of hydrogen-bond acceptors (Lipinski definition) is 7. The van der Waals surface area contributed by atoms with Gasteiger partial charge in [-0.15, -0.1) is 0 Å². The molecule has 0 bridgehead atoms. The highest BCUT2D eigenvalue weighted by molar-refractivity contribution is 7.90. The summed E-state index contributed by atoms with van der Waals surface area (Å²) in [5.74, 6) is -0.394. The molecule has 0 unspecified atom stereocenters. The number of nitrogen functional groups attached to an aromatic ring is 1. The van der Waals surface area contributed by atoms with E-state index in [0.717, 1.165) is 10.9 Å². The zero-order valence-corrected chi connectivity index (χ0v) is 21.4. The number of pyridine rings is 1. The van der Waals surface area contributed by atoms with Crippen LogP contribution in [0.5, 0.6) is 5.75 Å². The van der Waals surface area contributed by atoms with E-state index in [0.29, 0.717) is 28.9 Å². The van der Waals surface area contributed by atoms with Crippen LogP contribution in [0.4, 0.5) is 15.0 Å². The van der Waals surface area contributed by atoms with Gasteiger partial charge in [0.2, 0.25) is 0 Å². The standard InChI is InChI=1S/C25H31FN4O4S/c1-6-35(32,33)15-17-9-7-8-16(23(17)26)12-20-21(14-29(2)3)19-11-10-18(34-25(31)30(4)5)13-22(19)28-24(20)27/h7-11,13H,6,12,14-15H2,1-5H3,(H2,27,28). The fourth-order valence-electron chi connectivity index (χ4n) is 3.73. The van der Waals surface area contributed by atoms with Crippen molar-refractivity contribution in [1.29, 1.82) is 0 Å². The SMILES string of the molecule is CCS(=O)(=O)Cc1cccc(Cc2c(N)nc3cc(OC(=O)N(C)C)ccc3c2CN(C)C)c1F. The van der Waals surface area contributed by atoms with Crippen molar-refractivity contribution in [3.8, 4) is 5.75 Å². The number of nitrogens with two attached hydrogens (primary N) is 1. The molecular formula is C25H31FN4O4S. The van der Waals surface area contributed by atoms with Gasteiger partial charge >= 0.3 is 6.09 Å². The third-order valence-corrected chi connectivity index (χ3v) is 7.22. The normalized spacial score (nSPS) is 11.7. The second kappa shape index (κ2) is 10.6. The topological polar surface area (TPSA) is 106 Å². The first-order valence-corrected chi connectivity index (χ1v) is 13.0. The van der Waals surface area contributed by atoms with Crippen LogP contribution in [0.3, 0.4) is 0 Å². The molecular weight excluding hydrogens is 471 g/mol. The van der Waals surface area contributed by atoms with Gasteiger partial charge in [0.15, 0.2) is 9.84 Å². The van der Waals surface area contributed by atoms with E-state index in [4.69, 9.17) is 10.5 Å². The average molecular weight is 503 g/mol. The average Bonchev–Trinajstić information content (AvgIpc) is 2.77. The first kappa shape index (κ1) is 26.4. The van der Waals surface area contributed by atoms with Crippen LogP contribution in [0.1, 0.15) is 29.2 Å². The number of nitrogens with zero attached hydrogens (tertiary/aromatic N) is 3. The number of hydrogen-bond donors (Lipinski definition) is 1. The van der Waals surface area contributed by atoms with Gasteiger partial charge in [-0.1, -0.05) is 25.1 Å². The highest BCUT2D eigenvalue weighted by Gasteiger charge is 2.20. The number of rotatable bonds is 8. The molecule has 1 aromatic heterocycles. The van der Waals surface area contributed by atoms with E-state index in [1.165, 1.54) is 11.0 Å². The Morgan fingerprint density at radius 2 is 1.77 bits per heavy atom. The Labute approximate surface area is 205 Å². The summed E-state index contributed by atoms with van der Waals surface area (Å²) < 4.78 is 44.8. The first-order chi connectivity index (χ1) is 16.4. The maximum atomic E-state index is 15.3. The van der Waals surface area contributed by atoms with Crippen molar-refractivity contribution in [3.63, 3.8) is 0 Å². The summed E-state index contributed by atoms with van der Waals surface area (Å²) in [6, 6.07) is 9.91. The summed E-state index contributed by atoms with van der Waals surface area (Å²) in [6.07, 6.45) is -0.357. The van der Waals surface area contributed by atoms with Crippen molar-refractivity contribution < 1.29 is 22.3 Å². The van der Waals surface area contributed by atoms with Crippen LogP contribution in [0.2, 0.25) is 0 Å². The molecule has 0 spiro atoms. The molecule has 0 aliphatic rings. The molecule has 2 aromatic carbocycles. The molecule has 0 saturated heterocycles. The Bertz CT molecular complexity index is 1360. The van der Waals surface area contributed by atoms with Crippen LogP contribution in [0.15, 0.2) is 36.4 Å². The van der Waals surface area contributed by atoms with E-state index in [2.05, 4.69) is 4.98 Å². The molecule has 0 aliphatic heterocycles. The summed E-state index contributed by atoms with van der Waals surface area (Å²) in [5.41, 5.74) is 8.93. The Hall–Kier alpha value is -3.24. The van der Waals surface area contributed by atoms with Crippen molar-refractivity contribution in [3.05, 3.63) is 64.5 Å². The van der Waals surface area contributed by atoms with Gasteiger partial charge in [0, 0.05) is 55.4 Å². The minimum atomic E-state index is -3.39. The van der Waals surface area contributed by atoms with Crippen LogP contribution in [-0.2, 0) is 28.6 Å². The third kappa shape index (κ3) is 6.26. The van der Waals surface area contributed by atoms with Crippen LogP contribution < -0.4 is 10.5 Å². The minimum absolute atomic E-state index is 0.0585. The molecule has 35 heavy (non-hydrogen) atoms. The first-order valence-electron chi connectivity index (χ1n) is 11.1. The van der Waals surface area contributed by atoms with Gasteiger partial charge in [-0.05, 0) is 37.4 Å². The number of sulfone groups is 1. The maximum absolute atomic E-state index is 15.3. The monoisotopic (exact) mass is 502 g/mol. The number of fused-ring (bicyclic) bond motifs is 1. The van der Waals surface area contributed by atoms with E-state index in [9.17, 15) is 13.2 Å². The molecule has 0 saturated carbocycles. The van der Waals surface area contributed by atoms with Crippen LogP contribution in [0, 0.1) is 5.82 Å². The molecule has 1 amide bonds. The molecule has 1 heterocycles. The van der Waals surface area contributed by atoms with Crippen LogP contribution in [-0.4, -0.2) is 63.2 Å². The number of halogens is 1. The lowest BCUT2D eigenvalue weighted by Crippen LogP contribution is -2.25. The molecule has 3 rings (SSSR count). The lowest BCUT2D eigenvalue weighted by Gasteiger charge is -2.20. The second-order valence-electron chi connectivity index (χ2n) is 8.88. The van der Waals surface area contributed by atoms with Gasteiger partial charge in [-0.3, -0.25) is 0 Å². The highest BCUT2D eigenvalue weighted by Crippen LogP contribution is 2.31. The van der Waals surface area contributed by atoms with E-state index in [1.807, 2.05) is 25.1 Å². The number of ether oxygens (including phenoxy) is 1. The van der Waals surface area contributed by atoms with Gasteiger partial charge in [-0.2, -0.15) is 0 Å². The van der Waals surface area contributed by atoms with Crippen molar-refractivity contribution >= 4 is 32.7 Å². The quantitative estimate of drug-likeness (QED) is 0.502. The largest absolute Gasteiger partial charge is 0.414 e. The summed E-state index contributed by atoms with van der Waals surface area (Å²) in [5, 5.41) is 0.803.